The van der Waals surface area contributed by atoms with E-state index in [2.05, 4.69) is 83.4 Å². The van der Waals surface area contributed by atoms with Gasteiger partial charge in [-0.3, -0.25) is 4.98 Å². The smallest absolute Gasteiger partial charge is 0.137 e. The molecule has 11 rings (SSSR count). The van der Waals surface area contributed by atoms with Gasteiger partial charge in [0.25, 0.3) is 0 Å². The number of para-hydroxylation sites is 1. The Bertz CT molecular complexity index is 3050. The van der Waals surface area contributed by atoms with Gasteiger partial charge in [-0.05, 0) is 76.9 Å². The molecular formula is C46H28N3O3Pt-. The minimum Gasteiger partial charge on any atom is -0.507 e. The standard InChI is InChI=1S/C46H28N3O3.Pt/c50-38-13-6-10-28-16-17-29-18-22-36(47-45(29)43(28)38)37-26-49(31-20-21-33-32-11-4-5-14-39(32)52-42(33)25-31)46(48-37)34-12-7-15-41-44(34)35-24-30(19-23-40(35)51-41)27-8-2-1-3-9-27;/h1-11,13-15,18-26,50H,16-17H2;/q-1;. The van der Waals surface area contributed by atoms with Crippen LogP contribution in [0.5, 0.6) is 5.75 Å². The number of phenols is 1. The van der Waals surface area contributed by atoms with Crippen molar-refractivity contribution in [1.82, 2.24) is 14.5 Å². The SMILES string of the molecule is Oc1cccc2c1-c1nc(-c3cn(-c4ccc5c(c4)oc4ccccc45)c(-c4[c-]ccc5oc6ccc(-c7ccccc7)cc6c45)n3)ccc1CC2.[Pt]. The number of fused-ring (bicyclic) bond motifs is 9. The normalized spacial score (nSPS) is 12.3. The summed E-state index contributed by atoms with van der Waals surface area (Å²) in [6, 6.07) is 48.4. The van der Waals surface area contributed by atoms with Gasteiger partial charge in [0.15, 0.2) is 0 Å². The second-order valence-corrected chi connectivity index (χ2v) is 13.4. The van der Waals surface area contributed by atoms with Gasteiger partial charge in [0, 0.05) is 55.4 Å². The van der Waals surface area contributed by atoms with Gasteiger partial charge in [-0.15, -0.1) is 12.1 Å². The summed E-state index contributed by atoms with van der Waals surface area (Å²) < 4.78 is 14.9. The van der Waals surface area contributed by atoms with E-state index in [4.69, 9.17) is 18.8 Å². The second-order valence-electron chi connectivity index (χ2n) is 13.4. The average Bonchev–Trinajstić information content (AvgIpc) is 3.91. The molecule has 4 aromatic heterocycles. The molecule has 6 nitrogen and oxygen atoms in total. The minimum absolute atomic E-state index is 0. The molecule has 0 atom stereocenters. The van der Waals surface area contributed by atoms with Gasteiger partial charge in [-0.2, -0.15) is 0 Å². The summed E-state index contributed by atoms with van der Waals surface area (Å²) >= 11 is 0. The summed E-state index contributed by atoms with van der Waals surface area (Å²) in [5.74, 6) is 0.947. The molecule has 10 aromatic rings. The number of benzene rings is 6. The zero-order chi connectivity index (χ0) is 34.3. The molecule has 0 spiro atoms. The van der Waals surface area contributed by atoms with E-state index in [1.807, 2.05) is 60.8 Å². The monoisotopic (exact) mass is 865 g/mol. The van der Waals surface area contributed by atoms with Gasteiger partial charge in [-0.25, -0.2) is 4.98 Å². The fraction of sp³-hybridized carbons (Fsp3) is 0.0435. The molecule has 0 fully saturated rings. The van der Waals surface area contributed by atoms with Gasteiger partial charge < -0.3 is 18.5 Å². The average molecular weight is 866 g/mol. The summed E-state index contributed by atoms with van der Waals surface area (Å²) in [6.07, 6.45) is 3.77. The van der Waals surface area contributed by atoms with Crippen molar-refractivity contribution in [2.45, 2.75) is 12.8 Å². The van der Waals surface area contributed by atoms with Crippen LogP contribution in [0.3, 0.4) is 0 Å². The molecule has 1 aliphatic rings. The number of rotatable bonds is 4. The van der Waals surface area contributed by atoms with Crippen molar-refractivity contribution < 1.29 is 35.0 Å². The molecule has 1 N–H and O–H groups in total. The summed E-state index contributed by atoms with van der Waals surface area (Å²) in [4.78, 5) is 10.5. The summed E-state index contributed by atoms with van der Waals surface area (Å²) in [5, 5.41) is 15.0. The summed E-state index contributed by atoms with van der Waals surface area (Å²) in [6.45, 7) is 0. The van der Waals surface area contributed by atoms with E-state index in [1.54, 1.807) is 6.07 Å². The molecule has 0 bridgehead atoms. The molecule has 53 heavy (non-hydrogen) atoms. The van der Waals surface area contributed by atoms with Gasteiger partial charge in [0.1, 0.15) is 22.5 Å². The number of aromatic hydroxyl groups is 1. The molecule has 1 aliphatic carbocycles. The van der Waals surface area contributed by atoms with E-state index in [0.717, 1.165) is 107 Å². The van der Waals surface area contributed by atoms with Crippen LogP contribution in [-0.2, 0) is 33.9 Å². The van der Waals surface area contributed by atoms with Gasteiger partial charge in [0.05, 0.1) is 28.5 Å². The Hall–Kier alpha value is -6.23. The number of imidazole rings is 1. The Balaban J connectivity index is 0.00000349. The van der Waals surface area contributed by atoms with Gasteiger partial charge in [0.2, 0.25) is 0 Å². The van der Waals surface area contributed by atoms with E-state index in [9.17, 15) is 5.11 Å². The van der Waals surface area contributed by atoms with E-state index in [1.165, 1.54) is 0 Å². The first-order valence-corrected chi connectivity index (χ1v) is 17.4. The minimum atomic E-state index is 0. The van der Waals surface area contributed by atoms with Crippen molar-refractivity contribution in [3.8, 4) is 56.6 Å². The number of hydrogen-bond acceptors (Lipinski definition) is 5. The molecule has 4 heterocycles. The quantitative estimate of drug-likeness (QED) is 0.178. The summed E-state index contributed by atoms with van der Waals surface area (Å²) in [7, 11) is 0. The Morgan fingerprint density at radius 3 is 2.34 bits per heavy atom. The van der Waals surface area contributed by atoms with Crippen LogP contribution in [0.1, 0.15) is 11.1 Å². The predicted octanol–water partition coefficient (Wildman–Crippen LogP) is 11.3. The van der Waals surface area contributed by atoms with E-state index < -0.39 is 0 Å². The van der Waals surface area contributed by atoms with Crippen molar-refractivity contribution in [3.05, 3.63) is 157 Å². The molecule has 0 aliphatic heterocycles. The zero-order valence-corrected chi connectivity index (χ0v) is 30.4. The number of aryl methyl sites for hydroxylation is 2. The first-order chi connectivity index (χ1) is 25.7. The summed E-state index contributed by atoms with van der Waals surface area (Å²) in [5.41, 5.74) is 12.4. The number of phenolic OH excluding ortho intramolecular Hbond substituents is 1. The van der Waals surface area contributed by atoms with Crippen molar-refractivity contribution in [2.75, 3.05) is 0 Å². The molecule has 0 saturated carbocycles. The third kappa shape index (κ3) is 4.97. The third-order valence-electron chi connectivity index (χ3n) is 10.4. The molecule has 0 amide bonds. The van der Waals surface area contributed by atoms with Crippen molar-refractivity contribution in [2.24, 2.45) is 0 Å². The van der Waals surface area contributed by atoms with Crippen LogP contribution in [0.25, 0.3) is 94.7 Å². The van der Waals surface area contributed by atoms with Gasteiger partial charge >= 0.3 is 0 Å². The molecule has 0 saturated heterocycles. The van der Waals surface area contributed by atoms with Crippen molar-refractivity contribution in [1.29, 1.82) is 0 Å². The fourth-order valence-corrected chi connectivity index (χ4v) is 7.88. The molecule has 6 aromatic carbocycles. The number of pyridine rings is 1. The van der Waals surface area contributed by atoms with Crippen LogP contribution in [-0.4, -0.2) is 19.6 Å². The number of aromatic nitrogens is 3. The van der Waals surface area contributed by atoms with Crippen LogP contribution in [0.2, 0.25) is 0 Å². The second kappa shape index (κ2) is 12.2. The largest absolute Gasteiger partial charge is 0.507 e. The Morgan fingerprint density at radius 2 is 1.42 bits per heavy atom. The fourth-order valence-electron chi connectivity index (χ4n) is 7.88. The molecule has 256 valence electrons. The van der Waals surface area contributed by atoms with Crippen molar-refractivity contribution in [3.63, 3.8) is 0 Å². The number of furan rings is 2. The van der Waals surface area contributed by atoms with Crippen LogP contribution in [0.4, 0.5) is 0 Å². The number of hydrogen-bond donors (Lipinski definition) is 1. The first-order valence-electron chi connectivity index (χ1n) is 17.4. The Labute approximate surface area is 318 Å². The predicted molar refractivity (Wildman–Crippen MR) is 206 cm³/mol. The molecular weight excluding hydrogens is 838 g/mol. The van der Waals surface area contributed by atoms with Crippen LogP contribution in [0.15, 0.2) is 148 Å². The number of nitrogens with zero attached hydrogens (tertiary/aromatic N) is 3. The van der Waals surface area contributed by atoms with Crippen molar-refractivity contribution >= 4 is 43.9 Å². The Kier molecular flexibility index (Phi) is 7.24. The van der Waals surface area contributed by atoms with Crippen LogP contribution in [0, 0.1) is 6.07 Å². The van der Waals surface area contributed by atoms with Gasteiger partial charge in [-0.1, -0.05) is 95.9 Å². The maximum absolute atomic E-state index is 10.9. The topological polar surface area (TPSA) is 77.2 Å². The van der Waals surface area contributed by atoms with Crippen LogP contribution < -0.4 is 0 Å². The first kappa shape index (κ1) is 31.5. The maximum atomic E-state index is 10.9. The molecule has 7 heteroatoms. The third-order valence-corrected chi connectivity index (χ3v) is 10.4. The zero-order valence-electron chi connectivity index (χ0n) is 28.1. The Morgan fingerprint density at radius 1 is 0.604 bits per heavy atom. The molecule has 0 unspecified atom stereocenters. The molecule has 0 radical (unpaired) electrons. The van der Waals surface area contributed by atoms with E-state index >= 15 is 0 Å². The maximum Gasteiger partial charge on any atom is 0.137 e. The van der Waals surface area contributed by atoms with Crippen LogP contribution >= 0.6 is 0 Å². The van der Waals surface area contributed by atoms with E-state index in [0.29, 0.717) is 11.5 Å². The van der Waals surface area contributed by atoms with E-state index in [-0.39, 0.29) is 26.8 Å².